The Bertz CT molecular complexity index is 581. The summed E-state index contributed by atoms with van der Waals surface area (Å²) in [6.07, 6.45) is 3.96. The van der Waals surface area contributed by atoms with Crippen molar-refractivity contribution in [1.82, 2.24) is 10.2 Å². The van der Waals surface area contributed by atoms with E-state index in [9.17, 15) is 4.79 Å². The van der Waals surface area contributed by atoms with Gasteiger partial charge in [0.1, 0.15) is 0 Å². The fourth-order valence-corrected chi connectivity index (χ4v) is 4.42. The van der Waals surface area contributed by atoms with Gasteiger partial charge in [0.2, 0.25) is 0 Å². The molecule has 1 spiro atoms. The third kappa shape index (κ3) is 1.72. The van der Waals surface area contributed by atoms with Crippen LogP contribution >= 0.6 is 0 Å². The summed E-state index contributed by atoms with van der Waals surface area (Å²) in [7, 11) is 1.89. The zero-order chi connectivity index (χ0) is 13.9. The van der Waals surface area contributed by atoms with Gasteiger partial charge in [0.25, 0.3) is 5.91 Å². The molecular weight excluding hydrogens is 248 g/mol. The second kappa shape index (κ2) is 4.08. The minimum Gasteiger partial charge on any atom is -0.337 e. The van der Waals surface area contributed by atoms with Crippen molar-refractivity contribution in [3.05, 3.63) is 34.4 Å². The van der Waals surface area contributed by atoms with Crippen LogP contribution in [-0.2, 0) is 13.0 Å². The SMILES string of the molecule is Cc1cc(CC2CC3(CNC3)C2)cc2c1C(=O)N(C)C2. The molecule has 4 rings (SSSR count). The lowest BCUT2D eigenvalue weighted by Crippen LogP contribution is -2.60. The van der Waals surface area contributed by atoms with Gasteiger partial charge in [0.05, 0.1) is 0 Å². The van der Waals surface area contributed by atoms with Crippen molar-refractivity contribution in [2.45, 2.75) is 32.7 Å². The van der Waals surface area contributed by atoms with E-state index in [1.54, 1.807) is 0 Å². The Kier molecular flexibility index (Phi) is 2.53. The molecule has 1 saturated carbocycles. The first-order chi connectivity index (χ1) is 9.56. The molecule has 0 radical (unpaired) electrons. The Morgan fingerprint density at radius 1 is 1.35 bits per heavy atom. The molecule has 1 aliphatic carbocycles. The van der Waals surface area contributed by atoms with E-state index in [2.05, 4.69) is 24.4 Å². The lowest BCUT2D eigenvalue weighted by Gasteiger charge is -2.54. The van der Waals surface area contributed by atoms with Crippen LogP contribution in [0.2, 0.25) is 0 Å². The molecule has 0 unspecified atom stereocenters. The predicted molar refractivity (Wildman–Crippen MR) is 78.7 cm³/mol. The number of hydrogen-bond acceptors (Lipinski definition) is 2. The van der Waals surface area contributed by atoms with Gasteiger partial charge in [0.15, 0.2) is 0 Å². The van der Waals surface area contributed by atoms with Gasteiger partial charge < -0.3 is 10.2 Å². The number of amides is 1. The number of rotatable bonds is 2. The predicted octanol–water partition coefficient (Wildman–Crippen LogP) is 2.12. The molecule has 0 bridgehead atoms. The van der Waals surface area contributed by atoms with E-state index in [1.807, 2.05) is 11.9 Å². The van der Waals surface area contributed by atoms with E-state index >= 15 is 0 Å². The summed E-state index contributed by atoms with van der Waals surface area (Å²) in [5, 5.41) is 3.40. The highest BCUT2D eigenvalue weighted by molar-refractivity contribution is 5.99. The van der Waals surface area contributed by atoms with E-state index in [0.29, 0.717) is 5.41 Å². The monoisotopic (exact) mass is 270 g/mol. The van der Waals surface area contributed by atoms with Crippen LogP contribution in [0.3, 0.4) is 0 Å². The number of nitrogens with zero attached hydrogens (tertiary/aromatic N) is 1. The van der Waals surface area contributed by atoms with Crippen LogP contribution in [0.25, 0.3) is 0 Å². The third-order valence-electron chi connectivity index (χ3n) is 5.41. The molecular formula is C17H22N2O. The normalized spacial score (nSPS) is 23.7. The maximum Gasteiger partial charge on any atom is 0.254 e. The van der Waals surface area contributed by atoms with Gasteiger partial charge in [-0.3, -0.25) is 4.79 Å². The summed E-state index contributed by atoms with van der Waals surface area (Å²) >= 11 is 0. The Hall–Kier alpha value is -1.35. The number of aryl methyl sites for hydroxylation is 1. The van der Waals surface area contributed by atoms with Crippen LogP contribution in [0.1, 0.15) is 39.9 Å². The molecule has 2 heterocycles. The molecule has 1 aromatic rings. The van der Waals surface area contributed by atoms with Crippen LogP contribution in [0.5, 0.6) is 0 Å². The standard InChI is InChI=1S/C17H22N2O/c1-11-3-12(4-13-6-17(7-13)9-18-10-17)5-14-8-19(2)16(20)15(11)14/h3,5,13,18H,4,6-10H2,1-2H3. The highest BCUT2D eigenvalue weighted by Crippen LogP contribution is 2.49. The van der Waals surface area contributed by atoms with E-state index in [0.717, 1.165) is 23.6 Å². The molecule has 0 aromatic heterocycles. The maximum absolute atomic E-state index is 12.1. The Balaban J connectivity index is 1.51. The van der Waals surface area contributed by atoms with Crippen molar-refractivity contribution in [3.8, 4) is 0 Å². The van der Waals surface area contributed by atoms with Crippen molar-refractivity contribution in [2.75, 3.05) is 20.1 Å². The van der Waals surface area contributed by atoms with Crippen molar-refractivity contribution in [3.63, 3.8) is 0 Å². The molecule has 0 atom stereocenters. The van der Waals surface area contributed by atoms with E-state index < -0.39 is 0 Å². The van der Waals surface area contributed by atoms with E-state index in [1.165, 1.54) is 43.5 Å². The van der Waals surface area contributed by atoms with Crippen molar-refractivity contribution < 1.29 is 4.79 Å². The summed E-state index contributed by atoms with van der Waals surface area (Å²) in [5.74, 6) is 1.04. The smallest absolute Gasteiger partial charge is 0.254 e. The minimum atomic E-state index is 0.187. The highest BCUT2D eigenvalue weighted by atomic mass is 16.2. The largest absolute Gasteiger partial charge is 0.337 e. The zero-order valence-electron chi connectivity index (χ0n) is 12.3. The Labute approximate surface area is 120 Å². The summed E-state index contributed by atoms with van der Waals surface area (Å²) in [4.78, 5) is 13.9. The van der Waals surface area contributed by atoms with E-state index in [-0.39, 0.29) is 5.91 Å². The fourth-order valence-electron chi connectivity index (χ4n) is 4.42. The van der Waals surface area contributed by atoms with Gasteiger partial charge in [-0.05, 0) is 54.2 Å². The Morgan fingerprint density at radius 2 is 2.10 bits per heavy atom. The number of hydrogen-bond donors (Lipinski definition) is 1. The van der Waals surface area contributed by atoms with Gasteiger partial charge in [-0.25, -0.2) is 0 Å². The number of fused-ring (bicyclic) bond motifs is 1. The van der Waals surface area contributed by atoms with Crippen LogP contribution in [-0.4, -0.2) is 30.9 Å². The lowest BCUT2D eigenvalue weighted by molar-refractivity contribution is 0.000884. The van der Waals surface area contributed by atoms with Crippen molar-refractivity contribution in [2.24, 2.45) is 11.3 Å². The molecule has 2 aliphatic heterocycles. The van der Waals surface area contributed by atoms with Crippen LogP contribution in [0.15, 0.2) is 12.1 Å². The van der Waals surface area contributed by atoms with Crippen molar-refractivity contribution >= 4 is 5.91 Å². The maximum atomic E-state index is 12.1. The van der Waals surface area contributed by atoms with Crippen LogP contribution < -0.4 is 5.32 Å². The Morgan fingerprint density at radius 3 is 2.75 bits per heavy atom. The second-order valence-electron chi connectivity index (χ2n) is 7.19. The van der Waals surface area contributed by atoms with Crippen LogP contribution in [0.4, 0.5) is 0 Å². The van der Waals surface area contributed by atoms with Gasteiger partial charge in [-0.2, -0.15) is 0 Å². The molecule has 3 heteroatoms. The minimum absolute atomic E-state index is 0.187. The van der Waals surface area contributed by atoms with Crippen molar-refractivity contribution in [1.29, 1.82) is 0 Å². The average Bonchev–Trinajstić information content (AvgIpc) is 2.57. The third-order valence-corrected chi connectivity index (χ3v) is 5.41. The summed E-state index contributed by atoms with van der Waals surface area (Å²) < 4.78 is 0. The first kappa shape index (κ1) is 12.4. The molecule has 1 N–H and O–H groups in total. The quantitative estimate of drug-likeness (QED) is 0.893. The van der Waals surface area contributed by atoms with Gasteiger partial charge >= 0.3 is 0 Å². The number of nitrogens with one attached hydrogen (secondary N) is 1. The topological polar surface area (TPSA) is 32.3 Å². The van der Waals surface area contributed by atoms with Gasteiger partial charge in [-0.15, -0.1) is 0 Å². The summed E-state index contributed by atoms with van der Waals surface area (Å²) in [6, 6.07) is 4.51. The van der Waals surface area contributed by atoms with Gasteiger partial charge in [-0.1, -0.05) is 12.1 Å². The summed E-state index contributed by atoms with van der Waals surface area (Å²) in [6.45, 7) is 5.32. The number of carbonyl (C=O) groups excluding carboxylic acids is 1. The highest BCUT2D eigenvalue weighted by Gasteiger charge is 2.47. The molecule has 1 amide bonds. The molecule has 106 valence electrons. The molecule has 20 heavy (non-hydrogen) atoms. The summed E-state index contributed by atoms with van der Waals surface area (Å²) in [5.41, 5.74) is 5.42. The molecule has 3 aliphatic rings. The molecule has 2 fully saturated rings. The molecule has 1 saturated heterocycles. The second-order valence-corrected chi connectivity index (χ2v) is 7.19. The molecule has 1 aromatic carbocycles. The molecule has 3 nitrogen and oxygen atoms in total. The first-order valence-corrected chi connectivity index (χ1v) is 7.65. The lowest BCUT2D eigenvalue weighted by atomic mass is 9.57. The number of benzene rings is 1. The van der Waals surface area contributed by atoms with E-state index in [4.69, 9.17) is 0 Å². The van der Waals surface area contributed by atoms with Crippen LogP contribution in [0, 0.1) is 18.3 Å². The fraction of sp³-hybridized carbons (Fsp3) is 0.588. The van der Waals surface area contributed by atoms with Gasteiger partial charge in [0, 0.05) is 32.2 Å². The first-order valence-electron chi connectivity index (χ1n) is 7.65. The number of carbonyl (C=O) groups is 1. The zero-order valence-corrected chi connectivity index (χ0v) is 12.3. The average molecular weight is 270 g/mol.